The van der Waals surface area contributed by atoms with Crippen LogP contribution in [0, 0.1) is 11.8 Å². The molecule has 0 aromatic heterocycles. The van der Waals surface area contributed by atoms with Gasteiger partial charge in [-0.05, 0) is 53.9 Å². The Bertz CT molecular complexity index is 1030. The monoisotopic (exact) mass is 450 g/mol. The molecule has 0 saturated heterocycles. The van der Waals surface area contributed by atoms with Gasteiger partial charge < -0.3 is 15.2 Å². The van der Waals surface area contributed by atoms with Gasteiger partial charge >= 0.3 is 12.1 Å². The van der Waals surface area contributed by atoms with Crippen LogP contribution in [-0.2, 0) is 19.2 Å². The second-order valence-electron chi connectivity index (χ2n) is 9.02. The second kappa shape index (κ2) is 8.86. The fourth-order valence-electron chi connectivity index (χ4n) is 4.71. The Morgan fingerprint density at radius 2 is 1.58 bits per heavy atom. The SMILES string of the molecule is O=C(NC1CC(C(=O)NOC(C(=O)O)C2CC2)C1)OCC1c2ccccc2-c2ccccc21. The summed E-state index contributed by atoms with van der Waals surface area (Å²) in [5, 5.41) is 12.0. The van der Waals surface area contributed by atoms with Gasteiger partial charge in [-0.15, -0.1) is 0 Å². The smallest absolute Gasteiger partial charge is 0.407 e. The van der Waals surface area contributed by atoms with E-state index in [4.69, 9.17) is 14.7 Å². The van der Waals surface area contributed by atoms with E-state index in [1.165, 1.54) is 11.1 Å². The van der Waals surface area contributed by atoms with Crippen molar-refractivity contribution in [3.63, 3.8) is 0 Å². The van der Waals surface area contributed by atoms with E-state index in [-0.39, 0.29) is 36.3 Å². The molecule has 0 bridgehead atoms. The van der Waals surface area contributed by atoms with E-state index in [1.54, 1.807) is 0 Å². The van der Waals surface area contributed by atoms with Gasteiger partial charge in [0.15, 0.2) is 6.10 Å². The summed E-state index contributed by atoms with van der Waals surface area (Å²) in [6.07, 6.45) is 1.01. The standard InChI is InChI=1S/C25H26N2O6/c28-23(27-33-22(24(29)30)14-9-10-14)15-11-16(12-15)26-25(31)32-13-21-19-7-3-1-5-17(19)18-6-2-4-8-20(18)21/h1-8,14-16,21-22H,9-13H2,(H,26,31)(H,27,28)(H,29,30). The van der Waals surface area contributed by atoms with Crippen LogP contribution in [0.5, 0.6) is 0 Å². The van der Waals surface area contributed by atoms with Crippen LogP contribution in [0.2, 0.25) is 0 Å². The van der Waals surface area contributed by atoms with E-state index in [9.17, 15) is 14.4 Å². The lowest BCUT2D eigenvalue weighted by Crippen LogP contribution is -2.50. The van der Waals surface area contributed by atoms with E-state index in [2.05, 4.69) is 35.1 Å². The topological polar surface area (TPSA) is 114 Å². The van der Waals surface area contributed by atoms with E-state index in [1.807, 2.05) is 24.3 Å². The summed E-state index contributed by atoms with van der Waals surface area (Å²) in [4.78, 5) is 40.8. The van der Waals surface area contributed by atoms with Crippen molar-refractivity contribution < 1.29 is 29.1 Å². The first kappa shape index (κ1) is 21.5. The number of aliphatic carboxylic acids is 1. The van der Waals surface area contributed by atoms with E-state index in [0.29, 0.717) is 12.8 Å². The third-order valence-corrected chi connectivity index (χ3v) is 6.75. The summed E-state index contributed by atoms with van der Waals surface area (Å²) in [6, 6.07) is 16.1. The van der Waals surface area contributed by atoms with Crippen LogP contribution in [0.15, 0.2) is 48.5 Å². The van der Waals surface area contributed by atoms with E-state index in [0.717, 1.165) is 24.0 Å². The molecule has 2 aromatic rings. The quantitative estimate of drug-likeness (QED) is 0.532. The molecule has 2 fully saturated rings. The normalized spacial score (nSPS) is 21.8. The van der Waals surface area contributed by atoms with Crippen LogP contribution in [0.3, 0.4) is 0 Å². The number of amides is 2. The molecular formula is C25H26N2O6. The minimum atomic E-state index is -1.07. The van der Waals surface area contributed by atoms with E-state index >= 15 is 0 Å². The van der Waals surface area contributed by atoms with E-state index < -0.39 is 18.2 Å². The van der Waals surface area contributed by atoms with Crippen molar-refractivity contribution in [3.8, 4) is 11.1 Å². The Hall–Kier alpha value is -3.39. The van der Waals surface area contributed by atoms with Crippen LogP contribution in [-0.4, -0.2) is 41.8 Å². The molecule has 3 aliphatic rings. The van der Waals surface area contributed by atoms with Crippen molar-refractivity contribution in [1.29, 1.82) is 0 Å². The number of fused-ring (bicyclic) bond motifs is 3. The zero-order valence-electron chi connectivity index (χ0n) is 18.0. The number of benzene rings is 2. The first-order chi connectivity index (χ1) is 16.0. The van der Waals surface area contributed by atoms with Gasteiger partial charge in [-0.1, -0.05) is 48.5 Å². The van der Waals surface area contributed by atoms with Crippen molar-refractivity contribution in [1.82, 2.24) is 10.8 Å². The molecule has 172 valence electrons. The molecular weight excluding hydrogens is 424 g/mol. The van der Waals surface area contributed by atoms with Crippen LogP contribution in [0.1, 0.15) is 42.7 Å². The van der Waals surface area contributed by atoms with Gasteiger partial charge in [0.05, 0.1) is 0 Å². The Kier molecular flexibility index (Phi) is 5.76. The maximum Gasteiger partial charge on any atom is 0.407 e. The molecule has 1 unspecified atom stereocenters. The lowest BCUT2D eigenvalue weighted by molar-refractivity contribution is -0.165. The van der Waals surface area contributed by atoms with Crippen LogP contribution < -0.4 is 10.8 Å². The number of alkyl carbamates (subject to hydrolysis) is 1. The van der Waals surface area contributed by atoms with Gasteiger partial charge in [0, 0.05) is 17.9 Å². The minimum Gasteiger partial charge on any atom is -0.479 e. The predicted molar refractivity (Wildman–Crippen MR) is 118 cm³/mol. The number of nitrogens with one attached hydrogen (secondary N) is 2. The molecule has 0 aliphatic heterocycles. The van der Waals surface area contributed by atoms with Crippen LogP contribution in [0.25, 0.3) is 11.1 Å². The van der Waals surface area contributed by atoms with Gasteiger partial charge in [0.2, 0.25) is 5.91 Å². The third-order valence-electron chi connectivity index (χ3n) is 6.75. The van der Waals surface area contributed by atoms with Crippen molar-refractivity contribution in [2.24, 2.45) is 11.8 Å². The summed E-state index contributed by atoms with van der Waals surface area (Å²) in [7, 11) is 0. The molecule has 1 atom stereocenters. The molecule has 3 N–H and O–H groups in total. The van der Waals surface area contributed by atoms with Crippen molar-refractivity contribution in [2.75, 3.05) is 6.61 Å². The van der Waals surface area contributed by atoms with Gasteiger partial charge in [-0.25, -0.2) is 15.1 Å². The molecule has 5 rings (SSSR count). The summed E-state index contributed by atoms with van der Waals surface area (Å²) in [5.41, 5.74) is 6.92. The maximum absolute atomic E-state index is 12.4. The highest BCUT2D eigenvalue weighted by molar-refractivity contribution is 5.80. The number of hydrogen-bond donors (Lipinski definition) is 3. The van der Waals surface area contributed by atoms with Gasteiger partial charge in [0.1, 0.15) is 6.61 Å². The first-order valence-corrected chi connectivity index (χ1v) is 11.3. The van der Waals surface area contributed by atoms with Gasteiger partial charge in [0.25, 0.3) is 0 Å². The average Bonchev–Trinajstić information content (AvgIpc) is 3.56. The molecule has 33 heavy (non-hydrogen) atoms. The third kappa shape index (κ3) is 4.43. The Morgan fingerprint density at radius 3 is 2.15 bits per heavy atom. The number of hydroxylamine groups is 1. The molecule has 0 heterocycles. The Morgan fingerprint density at radius 1 is 0.970 bits per heavy atom. The molecule has 2 aromatic carbocycles. The number of rotatable bonds is 8. The summed E-state index contributed by atoms with van der Waals surface area (Å²) in [5.74, 6) is -1.78. The molecule has 3 aliphatic carbocycles. The highest BCUT2D eigenvalue weighted by atomic mass is 16.7. The summed E-state index contributed by atoms with van der Waals surface area (Å²) >= 11 is 0. The van der Waals surface area contributed by atoms with Crippen molar-refractivity contribution in [2.45, 2.75) is 43.7 Å². The van der Waals surface area contributed by atoms with Gasteiger partial charge in [-0.2, -0.15) is 0 Å². The fraction of sp³-hybridized carbons (Fsp3) is 0.400. The molecule has 2 saturated carbocycles. The predicted octanol–water partition coefficient (Wildman–Crippen LogP) is 3.21. The maximum atomic E-state index is 12.4. The lowest BCUT2D eigenvalue weighted by atomic mass is 9.80. The molecule has 2 amide bonds. The molecule has 0 radical (unpaired) electrons. The first-order valence-electron chi connectivity index (χ1n) is 11.3. The number of carbonyl (C=O) groups excluding carboxylic acids is 2. The number of carboxylic acids is 1. The molecule has 8 heteroatoms. The fourth-order valence-corrected chi connectivity index (χ4v) is 4.71. The number of carboxylic acid groups (broad SMARTS) is 1. The summed E-state index contributed by atoms with van der Waals surface area (Å²) < 4.78 is 5.54. The largest absolute Gasteiger partial charge is 0.479 e. The van der Waals surface area contributed by atoms with Gasteiger partial charge in [-0.3, -0.25) is 9.63 Å². The lowest BCUT2D eigenvalue weighted by Gasteiger charge is -2.34. The Labute approximate surface area is 191 Å². The van der Waals surface area contributed by atoms with Crippen LogP contribution in [0.4, 0.5) is 4.79 Å². The van der Waals surface area contributed by atoms with Crippen LogP contribution >= 0.6 is 0 Å². The average molecular weight is 450 g/mol. The summed E-state index contributed by atoms with van der Waals surface area (Å²) in [6.45, 7) is 0.238. The number of ether oxygens (including phenoxy) is 1. The zero-order valence-corrected chi connectivity index (χ0v) is 18.0. The van der Waals surface area contributed by atoms with Crippen molar-refractivity contribution in [3.05, 3.63) is 59.7 Å². The number of hydrogen-bond acceptors (Lipinski definition) is 5. The van der Waals surface area contributed by atoms with Crippen molar-refractivity contribution >= 4 is 18.0 Å². The highest BCUT2D eigenvalue weighted by Gasteiger charge is 2.40. The molecule has 8 nitrogen and oxygen atoms in total. The highest BCUT2D eigenvalue weighted by Crippen LogP contribution is 2.44. The minimum absolute atomic E-state index is 0.00568. The number of carbonyl (C=O) groups is 3. The second-order valence-corrected chi connectivity index (χ2v) is 9.02. The Balaban J connectivity index is 1.07. The molecule has 0 spiro atoms. The zero-order chi connectivity index (χ0) is 22.9.